The van der Waals surface area contributed by atoms with Gasteiger partial charge in [0.2, 0.25) is 0 Å². The van der Waals surface area contributed by atoms with Crippen LogP contribution in [-0.4, -0.2) is 0 Å². The molecule has 0 fully saturated rings. The molecule has 1 aromatic rings. The van der Waals surface area contributed by atoms with E-state index >= 15 is 0 Å². The summed E-state index contributed by atoms with van der Waals surface area (Å²) in [6.07, 6.45) is -0.0799. The van der Waals surface area contributed by atoms with Gasteiger partial charge in [0.25, 0.3) is 0 Å². The summed E-state index contributed by atoms with van der Waals surface area (Å²) in [6, 6.07) is 5.76. The molecule has 1 atom stereocenters. The monoisotopic (exact) mass is 192 g/mol. The topological polar surface area (TPSA) is 0 Å². The van der Waals surface area contributed by atoms with Crippen LogP contribution >= 0.6 is 0 Å². The smallest absolute Gasteiger partial charge is 0.146 e. The Morgan fingerprint density at radius 3 is 2.64 bits per heavy atom. The van der Waals surface area contributed by atoms with Gasteiger partial charge in [-0.2, -0.15) is 0 Å². The summed E-state index contributed by atoms with van der Waals surface area (Å²) in [5.74, 6) is 0. The number of benzene rings is 1. The van der Waals surface area contributed by atoms with Crippen LogP contribution in [0.2, 0.25) is 0 Å². The van der Waals surface area contributed by atoms with Crippen LogP contribution in [0.3, 0.4) is 0 Å². The minimum Gasteiger partial charge on any atom is -0.237 e. The van der Waals surface area contributed by atoms with Crippen molar-refractivity contribution in [3.05, 3.63) is 47.0 Å². The first kappa shape index (κ1) is 11.0. The second-order valence-electron chi connectivity index (χ2n) is 3.75. The van der Waals surface area contributed by atoms with Gasteiger partial charge in [-0.25, -0.2) is 4.39 Å². The molecule has 0 nitrogen and oxygen atoms in total. The molecule has 1 unspecified atom stereocenters. The van der Waals surface area contributed by atoms with Crippen LogP contribution in [0.5, 0.6) is 0 Å². The van der Waals surface area contributed by atoms with E-state index in [-0.39, 0.29) is 0 Å². The van der Waals surface area contributed by atoms with Crippen molar-refractivity contribution >= 4 is 0 Å². The number of hydrogen-bond acceptors (Lipinski definition) is 0. The largest absolute Gasteiger partial charge is 0.237 e. The summed E-state index contributed by atoms with van der Waals surface area (Å²) < 4.78 is 13.6. The van der Waals surface area contributed by atoms with Crippen LogP contribution in [0, 0.1) is 6.92 Å². The summed E-state index contributed by atoms with van der Waals surface area (Å²) >= 11 is 0. The lowest BCUT2D eigenvalue weighted by Crippen LogP contribution is -1.95. The summed E-state index contributed by atoms with van der Waals surface area (Å²) in [7, 11) is 0. The minimum atomic E-state index is -1.03. The summed E-state index contributed by atoms with van der Waals surface area (Å²) in [5.41, 5.74) is 3.73. The quantitative estimate of drug-likeness (QED) is 0.631. The fourth-order valence-electron chi connectivity index (χ4n) is 1.51. The maximum Gasteiger partial charge on any atom is 0.146 e. The van der Waals surface area contributed by atoms with Gasteiger partial charge in [-0.1, -0.05) is 31.7 Å². The molecule has 0 saturated carbocycles. The van der Waals surface area contributed by atoms with Crippen LogP contribution < -0.4 is 0 Å². The number of halogens is 1. The molecule has 0 heterocycles. The zero-order chi connectivity index (χ0) is 10.7. The van der Waals surface area contributed by atoms with E-state index in [1.165, 1.54) is 11.1 Å². The Kier molecular flexibility index (Phi) is 3.45. The lowest BCUT2D eigenvalue weighted by Gasteiger charge is -2.11. The molecule has 1 aromatic carbocycles. The predicted octanol–water partition coefficient (Wildman–Crippen LogP) is 4.14. The molecule has 0 N–H and O–H groups in total. The molecule has 0 spiro atoms. The molecule has 0 aliphatic heterocycles. The Morgan fingerprint density at radius 1 is 1.50 bits per heavy atom. The maximum atomic E-state index is 13.6. The van der Waals surface area contributed by atoms with Crippen LogP contribution in [0.15, 0.2) is 30.4 Å². The Bertz CT molecular complexity index is 339. The first-order chi connectivity index (χ1) is 6.56. The number of alkyl halides is 1. The molecule has 0 saturated heterocycles. The van der Waals surface area contributed by atoms with Gasteiger partial charge in [0.1, 0.15) is 6.17 Å². The highest BCUT2D eigenvalue weighted by molar-refractivity contribution is 5.34. The minimum absolute atomic E-state index is 0.566. The molecule has 0 radical (unpaired) electrons. The third-order valence-corrected chi connectivity index (χ3v) is 2.48. The zero-order valence-corrected chi connectivity index (χ0v) is 9.10. The molecule has 0 amide bonds. The molecule has 0 aliphatic rings. The maximum absolute atomic E-state index is 13.6. The van der Waals surface area contributed by atoms with Crippen molar-refractivity contribution in [3.8, 4) is 0 Å². The van der Waals surface area contributed by atoms with E-state index in [1.807, 2.05) is 18.2 Å². The molecule has 76 valence electrons. The first-order valence-corrected chi connectivity index (χ1v) is 4.95. The van der Waals surface area contributed by atoms with Gasteiger partial charge in [0.05, 0.1) is 0 Å². The van der Waals surface area contributed by atoms with Crippen molar-refractivity contribution in [2.75, 3.05) is 0 Å². The van der Waals surface area contributed by atoms with E-state index in [4.69, 9.17) is 0 Å². The molecule has 14 heavy (non-hydrogen) atoms. The summed E-state index contributed by atoms with van der Waals surface area (Å²) in [4.78, 5) is 0. The number of rotatable bonds is 3. The number of aryl methyl sites for hydroxylation is 2. The van der Waals surface area contributed by atoms with Crippen LogP contribution in [0.25, 0.3) is 0 Å². The molecule has 0 aliphatic carbocycles. The molecule has 1 heteroatoms. The lowest BCUT2D eigenvalue weighted by molar-refractivity contribution is 0.395. The molecular weight excluding hydrogens is 175 g/mol. The third-order valence-electron chi connectivity index (χ3n) is 2.48. The highest BCUT2D eigenvalue weighted by Gasteiger charge is 2.10. The van der Waals surface area contributed by atoms with Crippen molar-refractivity contribution in [1.82, 2.24) is 0 Å². The third kappa shape index (κ3) is 2.22. The molecular formula is C13H17F. The van der Waals surface area contributed by atoms with Gasteiger partial charge >= 0.3 is 0 Å². The van der Waals surface area contributed by atoms with E-state index in [1.54, 1.807) is 6.92 Å². The Hall–Kier alpha value is -1.11. The van der Waals surface area contributed by atoms with Crippen LogP contribution in [-0.2, 0) is 6.42 Å². The van der Waals surface area contributed by atoms with Gasteiger partial charge < -0.3 is 0 Å². The van der Waals surface area contributed by atoms with E-state index in [0.29, 0.717) is 5.57 Å². The van der Waals surface area contributed by atoms with Gasteiger partial charge in [0, 0.05) is 0 Å². The SMILES string of the molecule is C=C(C)C(F)c1ccc(C)c(CC)c1. The number of hydrogen-bond donors (Lipinski definition) is 0. The van der Waals surface area contributed by atoms with Gasteiger partial charge in [-0.05, 0) is 42.5 Å². The van der Waals surface area contributed by atoms with Crippen molar-refractivity contribution in [1.29, 1.82) is 0 Å². The molecule has 1 rings (SSSR count). The van der Waals surface area contributed by atoms with Gasteiger partial charge in [-0.3, -0.25) is 0 Å². The van der Waals surface area contributed by atoms with Crippen LogP contribution in [0.1, 0.15) is 36.7 Å². The average molecular weight is 192 g/mol. The second-order valence-corrected chi connectivity index (χ2v) is 3.75. The predicted molar refractivity (Wildman–Crippen MR) is 59.2 cm³/mol. The van der Waals surface area contributed by atoms with Crippen molar-refractivity contribution in [2.24, 2.45) is 0 Å². The fourth-order valence-corrected chi connectivity index (χ4v) is 1.51. The lowest BCUT2D eigenvalue weighted by atomic mass is 9.98. The Balaban J connectivity index is 3.06. The van der Waals surface area contributed by atoms with E-state index in [0.717, 1.165) is 12.0 Å². The van der Waals surface area contributed by atoms with Crippen molar-refractivity contribution in [2.45, 2.75) is 33.4 Å². The standard InChI is InChI=1S/C13H17F/c1-5-11-8-12(7-6-10(11)4)13(14)9(2)3/h6-8,13H,2,5H2,1,3-4H3. The fraction of sp³-hybridized carbons (Fsp3) is 0.385. The Labute approximate surface area is 85.5 Å². The highest BCUT2D eigenvalue weighted by atomic mass is 19.1. The molecule has 0 aromatic heterocycles. The first-order valence-electron chi connectivity index (χ1n) is 4.95. The molecule has 0 bridgehead atoms. The van der Waals surface area contributed by atoms with Gasteiger partial charge in [-0.15, -0.1) is 0 Å². The normalized spacial score (nSPS) is 12.6. The van der Waals surface area contributed by atoms with E-state index < -0.39 is 6.17 Å². The summed E-state index contributed by atoms with van der Waals surface area (Å²) in [6.45, 7) is 9.49. The number of allylic oxidation sites excluding steroid dienone is 1. The van der Waals surface area contributed by atoms with Crippen molar-refractivity contribution in [3.63, 3.8) is 0 Å². The zero-order valence-electron chi connectivity index (χ0n) is 9.10. The van der Waals surface area contributed by atoms with Crippen LogP contribution in [0.4, 0.5) is 4.39 Å². The van der Waals surface area contributed by atoms with E-state index in [2.05, 4.69) is 20.4 Å². The van der Waals surface area contributed by atoms with E-state index in [9.17, 15) is 4.39 Å². The van der Waals surface area contributed by atoms with Crippen molar-refractivity contribution < 1.29 is 4.39 Å². The van der Waals surface area contributed by atoms with Gasteiger partial charge in [0.15, 0.2) is 0 Å². The summed E-state index contributed by atoms with van der Waals surface area (Å²) in [5, 5.41) is 0. The Morgan fingerprint density at radius 2 is 2.14 bits per heavy atom. The second kappa shape index (κ2) is 4.41. The average Bonchev–Trinajstić information content (AvgIpc) is 2.17. The highest BCUT2D eigenvalue weighted by Crippen LogP contribution is 2.26.